The number of alkyl halides is 1. The first-order chi connectivity index (χ1) is 8.11. The van der Waals surface area contributed by atoms with Gasteiger partial charge < -0.3 is 4.74 Å². The van der Waals surface area contributed by atoms with Crippen LogP contribution in [0.5, 0.6) is 0 Å². The fourth-order valence-electron chi connectivity index (χ4n) is 3.47. The van der Waals surface area contributed by atoms with Crippen LogP contribution in [0.2, 0.25) is 0 Å². The van der Waals surface area contributed by atoms with Crippen molar-refractivity contribution in [2.75, 3.05) is 6.61 Å². The molecule has 0 amide bonds. The van der Waals surface area contributed by atoms with Crippen LogP contribution in [0, 0.1) is 11.8 Å². The number of halogens is 1. The van der Waals surface area contributed by atoms with Crippen LogP contribution < -0.4 is 0 Å². The van der Waals surface area contributed by atoms with Crippen molar-refractivity contribution >= 4 is 15.9 Å². The van der Waals surface area contributed by atoms with Gasteiger partial charge in [0, 0.05) is 11.4 Å². The van der Waals surface area contributed by atoms with Gasteiger partial charge in [0.1, 0.15) is 0 Å². The molecule has 2 unspecified atom stereocenters. The average Bonchev–Trinajstić information content (AvgIpc) is 2.74. The van der Waals surface area contributed by atoms with E-state index < -0.39 is 0 Å². The molecule has 2 heteroatoms. The summed E-state index contributed by atoms with van der Waals surface area (Å²) in [5.41, 5.74) is 0.308. The Morgan fingerprint density at radius 3 is 2.65 bits per heavy atom. The van der Waals surface area contributed by atoms with E-state index in [0.29, 0.717) is 10.4 Å². The average molecular weight is 303 g/mol. The zero-order valence-electron chi connectivity index (χ0n) is 11.4. The van der Waals surface area contributed by atoms with Gasteiger partial charge in [-0.25, -0.2) is 0 Å². The molecular weight excluding hydrogens is 276 g/mol. The van der Waals surface area contributed by atoms with Crippen LogP contribution in [0.1, 0.15) is 65.2 Å². The molecule has 0 radical (unpaired) electrons. The van der Waals surface area contributed by atoms with Crippen molar-refractivity contribution in [2.45, 2.75) is 75.6 Å². The van der Waals surface area contributed by atoms with Crippen LogP contribution in [-0.4, -0.2) is 17.0 Å². The minimum absolute atomic E-state index is 0.308. The number of hydrogen-bond acceptors (Lipinski definition) is 1. The minimum Gasteiger partial charge on any atom is -0.375 e. The fourth-order valence-corrected chi connectivity index (χ4v) is 3.74. The molecule has 2 atom stereocenters. The predicted molar refractivity (Wildman–Crippen MR) is 76.7 cm³/mol. The van der Waals surface area contributed by atoms with Gasteiger partial charge in [-0.1, -0.05) is 42.6 Å². The van der Waals surface area contributed by atoms with Crippen molar-refractivity contribution in [3.8, 4) is 0 Å². The maximum atomic E-state index is 6.10. The molecule has 0 aromatic heterocycles. The van der Waals surface area contributed by atoms with Crippen molar-refractivity contribution in [3.05, 3.63) is 0 Å². The lowest BCUT2D eigenvalue weighted by Crippen LogP contribution is -2.37. The second-order valence-corrected chi connectivity index (χ2v) is 7.61. The molecule has 2 aliphatic rings. The van der Waals surface area contributed by atoms with Crippen LogP contribution in [0.4, 0.5) is 0 Å². The Balaban J connectivity index is 1.77. The lowest BCUT2D eigenvalue weighted by molar-refractivity contribution is -0.0938. The summed E-state index contributed by atoms with van der Waals surface area (Å²) in [6, 6.07) is 0. The van der Waals surface area contributed by atoms with E-state index >= 15 is 0 Å². The second-order valence-electron chi connectivity index (χ2n) is 6.43. The summed E-state index contributed by atoms with van der Waals surface area (Å²) in [6.07, 6.45) is 10.8. The molecule has 1 spiro atoms. The molecule has 0 aromatic rings. The maximum Gasteiger partial charge on any atom is 0.0685 e. The first-order valence-electron chi connectivity index (χ1n) is 7.39. The zero-order chi connectivity index (χ0) is 12.3. The quantitative estimate of drug-likeness (QED) is 0.669. The molecule has 2 fully saturated rings. The minimum atomic E-state index is 0.308. The van der Waals surface area contributed by atoms with E-state index in [2.05, 4.69) is 29.8 Å². The molecule has 2 rings (SSSR count). The summed E-state index contributed by atoms with van der Waals surface area (Å²) >= 11 is 3.81. The van der Waals surface area contributed by atoms with Crippen molar-refractivity contribution in [1.82, 2.24) is 0 Å². The van der Waals surface area contributed by atoms with E-state index in [1.54, 1.807) is 0 Å². The molecule has 100 valence electrons. The highest BCUT2D eigenvalue weighted by atomic mass is 79.9. The Bertz CT molecular complexity index is 233. The second kappa shape index (κ2) is 6.06. The van der Waals surface area contributed by atoms with Crippen LogP contribution >= 0.6 is 15.9 Å². The highest BCUT2D eigenvalue weighted by Gasteiger charge is 2.39. The summed E-state index contributed by atoms with van der Waals surface area (Å²) in [6.45, 7) is 5.63. The number of hydrogen-bond donors (Lipinski definition) is 0. The Kier molecular flexibility index (Phi) is 4.94. The Hall–Kier alpha value is 0.440. The molecule has 1 saturated heterocycles. The van der Waals surface area contributed by atoms with Gasteiger partial charge in [-0.15, -0.1) is 0 Å². The van der Waals surface area contributed by atoms with Crippen molar-refractivity contribution in [2.24, 2.45) is 11.8 Å². The molecule has 1 nitrogen and oxygen atoms in total. The standard InChI is InChI=1S/C15H27BrO/c1-12(2)14(16)6-5-13-7-10-17-15(11-13)8-3-4-9-15/h12-14H,3-11H2,1-2H3. The number of ether oxygens (including phenoxy) is 1. The molecule has 0 aromatic carbocycles. The Labute approximate surface area is 115 Å². The summed E-state index contributed by atoms with van der Waals surface area (Å²) in [7, 11) is 0. The van der Waals surface area contributed by atoms with Crippen LogP contribution in [0.15, 0.2) is 0 Å². The van der Waals surface area contributed by atoms with Crippen molar-refractivity contribution < 1.29 is 4.74 Å². The molecule has 1 aliphatic carbocycles. The summed E-state index contributed by atoms with van der Waals surface area (Å²) in [5, 5.41) is 0. The molecule has 1 saturated carbocycles. The normalized spacial score (nSPS) is 30.0. The predicted octanol–water partition coefficient (Wildman–Crippen LogP) is 4.93. The van der Waals surface area contributed by atoms with Crippen LogP contribution in [0.3, 0.4) is 0 Å². The summed E-state index contributed by atoms with van der Waals surface area (Å²) < 4.78 is 6.10. The molecule has 0 bridgehead atoms. The molecule has 1 heterocycles. The molecule has 0 N–H and O–H groups in total. The summed E-state index contributed by atoms with van der Waals surface area (Å²) in [5.74, 6) is 1.68. The van der Waals surface area contributed by atoms with Gasteiger partial charge in [0.25, 0.3) is 0 Å². The van der Waals surface area contributed by atoms with Gasteiger partial charge in [0.2, 0.25) is 0 Å². The zero-order valence-corrected chi connectivity index (χ0v) is 13.0. The van der Waals surface area contributed by atoms with Crippen LogP contribution in [0.25, 0.3) is 0 Å². The van der Waals surface area contributed by atoms with E-state index in [-0.39, 0.29) is 0 Å². The van der Waals surface area contributed by atoms with Gasteiger partial charge in [0.15, 0.2) is 0 Å². The van der Waals surface area contributed by atoms with Gasteiger partial charge >= 0.3 is 0 Å². The third kappa shape index (κ3) is 3.70. The topological polar surface area (TPSA) is 9.23 Å². The summed E-state index contributed by atoms with van der Waals surface area (Å²) in [4.78, 5) is 0.699. The molecule has 1 aliphatic heterocycles. The van der Waals surface area contributed by atoms with E-state index in [9.17, 15) is 0 Å². The highest BCUT2D eigenvalue weighted by Crippen LogP contribution is 2.43. The van der Waals surface area contributed by atoms with Crippen molar-refractivity contribution in [1.29, 1.82) is 0 Å². The smallest absolute Gasteiger partial charge is 0.0685 e. The van der Waals surface area contributed by atoms with Gasteiger partial charge in [-0.05, 0) is 50.4 Å². The first kappa shape index (κ1) is 13.9. The van der Waals surface area contributed by atoms with E-state index in [0.717, 1.165) is 18.4 Å². The monoisotopic (exact) mass is 302 g/mol. The van der Waals surface area contributed by atoms with Crippen LogP contribution in [-0.2, 0) is 4.74 Å². The lowest BCUT2D eigenvalue weighted by atomic mass is 9.81. The Morgan fingerprint density at radius 2 is 2.00 bits per heavy atom. The van der Waals surface area contributed by atoms with Gasteiger partial charge in [-0.2, -0.15) is 0 Å². The maximum absolute atomic E-state index is 6.10. The number of rotatable bonds is 4. The lowest BCUT2D eigenvalue weighted by Gasteiger charge is -2.38. The first-order valence-corrected chi connectivity index (χ1v) is 8.31. The van der Waals surface area contributed by atoms with E-state index in [1.165, 1.54) is 51.4 Å². The van der Waals surface area contributed by atoms with E-state index in [4.69, 9.17) is 4.74 Å². The SMILES string of the molecule is CC(C)C(Br)CCC1CCOC2(CCCC2)C1. The Morgan fingerprint density at radius 1 is 1.29 bits per heavy atom. The molecular formula is C15H27BrO. The largest absolute Gasteiger partial charge is 0.375 e. The third-order valence-corrected chi connectivity index (χ3v) is 6.20. The third-order valence-electron chi connectivity index (χ3n) is 4.68. The van der Waals surface area contributed by atoms with Gasteiger partial charge in [-0.3, -0.25) is 0 Å². The molecule has 17 heavy (non-hydrogen) atoms. The highest BCUT2D eigenvalue weighted by molar-refractivity contribution is 9.09. The van der Waals surface area contributed by atoms with Gasteiger partial charge in [0.05, 0.1) is 5.60 Å². The fraction of sp³-hybridized carbons (Fsp3) is 1.00. The van der Waals surface area contributed by atoms with Crippen molar-refractivity contribution in [3.63, 3.8) is 0 Å². The van der Waals surface area contributed by atoms with E-state index in [1.807, 2.05) is 0 Å².